The molecule has 0 saturated carbocycles. The second kappa shape index (κ2) is 5.99. The first kappa shape index (κ1) is 14.4. The predicted octanol–water partition coefficient (Wildman–Crippen LogP) is 2.83. The van der Waals surface area contributed by atoms with Gasteiger partial charge < -0.3 is 10.7 Å². The number of anilines is 3. The molecule has 2 rings (SSSR count). The van der Waals surface area contributed by atoms with Crippen LogP contribution in [-0.2, 0) is 0 Å². The maximum absolute atomic E-state index is 11.1. The van der Waals surface area contributed by atoms with Crippen LogP contribution in [0.3, 0.4) is 0 Å². The number of nitro groups is 1. The normalized spacial score (nSPS) is 10.2. The van der Waals surface area contributed by atoms with E-state index in [1.54, 1.807) is 18.2 Å². The fraction of sp³-hybridized carbons (Fsp3) is 0. The van der Waals surface area contributed by atoms with Gasteiger partial charge >= 0.3 is 5.69 Å². The van der Waals surface area contributed by atoms with Crippen LogP contribution in [0.4, 0.5) is 23.0 Å². The van der Waals surface area contributed by atoms with E-state index in [0.29, 0.717) is 15.2 Å². The number of hydrogen-bond acceptors (Lipinski definition) is 7. The number of benzene rings is 1. The first-order valence-corrected chi connectivity index (χ1v) is 6.38. The minimum absolute atomic E-state index is 0.000849. The Morgan fingerprint density at radius 1 is 1.35 bits per heavy atom. The Morgan fingerprint density at radius 3 is 2.70 bits per heavy atom. The van der Waals surface area contributed by atoms with Crippen LogP contribution in [0.2, 0.25) is 5.02 Å². The molecule has 8 nitrogen and oxygen atoms in total. The third-order valence-electron chi connectivity index (χ3n) is 2.35. The molecule has 4 N–H and O–H groups in total. The molecule has 1 aromatic carbocycles. The molecule has 0 aliphatic rings. The summed E-state index contributed by atoms with van der Waals surface area (Å²) in [6, 6.07) is 5.07. The molecule has 0 spiro atoms. The summed E-state index contributed by atoms with van der Waals surface area (Å²) >= 11 is 9.24. The Labute approximate surface area is 126 Å². The summed E-state index contributed by atoms with van der Waals surface area (Å²) in [5.41, 5.74) is 2.33. The van der Waals surface area contributed by atoms with Crippen LogP contribution >= 0.6 is 27.5 Å². The molecule has 1 heterocycles. The van der Waals surface area contributed by atoms with Crippen molar-refractivity contribution in [3.05, 3.63) is 44.1 Å². The van der Waals surface area contributed by atoms with E-state index in [9.17, 15) is 10.1 Å². The van der Waals surface area contributed by atoms with E-state index in [4.69, 9.17) is 17.4 Å². The Morgan fingerprint density at radius 2 is 2.05 bits per heavy atom. The van der Waals surface area contributed by atoms with Gasteiger partial charge in [-0.25, -0.2) is 15.8 Å². The second-order valence-electron chi connectivity index (χ2n) is 3.55. The van der Waals surface area contributed by atoms with Crippen molar-refractivity contribution in [2.45, 2.75) is 0 Å². The van der Waals surface area contributed by atoms with Gasteiger partial charge in [0.05, 0.1) is 20.1 Å². The predicted molar refractivity (Wildman–Crippen MR) is 78.9 cm³/mol. The van der Waals surface area contributed by atoms with E-state index in [1.165, 1.54) is 0 Å². The van der Waals surface area contributed by atoms with Crippen molar-refractivity contribution < 1.29 is 4.92 Å². The Hall–Kier alpha value is -1.97. The van der Waals surface area contributed by atoms with Crippen LogP contribution in [0.1, 0.15) is 0 Å². The minimum Gasteiger partial charge on any atom is -0.333 e. The van der Waals surface area contributed by atoms with E-state index in [2.05, 4.69) is 36.6 Å². The average Bonchev–Trinajstić information content (AvgIpc) is 2.43. The Kier molecular flexibility index (Phi) is 4.32. The average molecular weight is 360 g/mol. The highest BCUT2D eigenvalue weighted by atomic mass is 79.9. The molecular weight excluding hydrogens is 352 g/mol. The summed E-state index contributed by atoms with van der Waals surface area (Å²) in [5.74, 6) is 5.11. The molecule has 0 fully saturated rings. The van der Waals surface area contributed by atoms with Gasteiger partial charge in [0.25, 0.3) is 0 Å². The molecule has 0 aliphatic carbocycles. The number of aromatic nitrogens is 2. The molecule has 1 aromatic heterocycles. The highest BCUT2D eigenvalue weighted by Gasteiger charge is 2.23. The smallest absolute Gasteiger partial charge is 0.333 e. The van der Waals surface area contributed by atoms with Crippen molar-refractivity contribution in [2.75, 3.05) is 10.7 Å². The molecule has 0 atom stereocenters. The second-order valence-corrected chi connectivity index (χ2v) is 4.75. The SMILES string of the molecule is NNc1ncnc(Nc2cccc(Cl)c2Br)c1[N+](=O)[O-]. The first-order valence-electron chi connectivity index (χ1n) is 5.21. The van der Waals surface area contributed by atoms with Crippen molar-refractivity contribution >= 4 is 50.5 Å². The van der Waals surface area contributed by atoms with Gasteiger partial charge in [0, 0.05) is 0 Å². The monoisotopic (exact) mass is 358 g/mol. The molecule has 20 heavy (non-hydrogen) atoms. The van der Waals surface area contributed by atoms with Crippen LogP contribution in [0.25, 0.3) is 0 Å². The zero-order valence-corrected chi connectivity index (χ0v) is 12.1. The van der Waals surface area contributed by atoms with Crippen molar-refractivity contribution in [1.82, 2.24) is 9.97 Å². The summed E-state index contributed by atoms with van der Waals surface area (Å²) in [4.78, 5) is 18.0. The maximum Gasteiger partial charge on any atom is 0.354 e. The van der Waals surface area contributed by atoms with Gasteiger partial charge in [-0.05, 0) is 28.1 Å². The van der Waals surface area contributed by atoms with E-state index in [0.717, 1.165) is 6.33 Å². The quantitative estimate of drug-likeness (QED) is 0.436. The number of nitrogens with two attached hydrogens (primary N) is 1. The van der Waals surface area contributed by atoms with Crippen LogP contribution in [0, 0.1) is 10.1 Å². The zero-order valence-electron chi connectivity index (χ0n) is 9.80. The lowest BCUT2D eigenvalue weighted by Crippen LogP contribution is -2.12. The fourth-order valence-corrected chi connectivity index (χ4v) is 2.01. The molecule has 0 unspecified atom stereocenters. The Balaban J connectivity index is 2.48. The van der Waals surface area contributed by atoms with Crippen LogP contribution < -0.4 is 16.6 Å². The Bertz CT molecular complexity index is 668. The van der Waals surface area contributed by atoms with Gasteiger partial charge in [-0.3, -0.25) is 10.1 Å². The maximum atomic E-state index is 11.1. The summed E-state index contributed by atoms with van der Waals surface area (Å²) in [7, 11) is 0. The fourth-order valence-electron chi connectivity index (χ4n) is 1.48. The van der Waals surface area contributed by atoms with Gasteiger partial charge in [0.2, 0.25) is 11.6 Å². The third-order valence-corrected chi connectivity index (χ3v) is 3.74. The third kappa shape index (κ3) is 2.79. The molecule has 104 valence electrons. The van der Waals surface area contributed by atoms with Crippen molar-refractivity contribution in [2.24, 2.45) is 5.84 Å². The van der Waals surface area contributed by atoms with E-state index in [-0.39, 0.29) is 17.3 Å². The van der Waals surface area contributed by atoms with Crippen molar-refractivity contribution in [3.63, 3.8) is 0 Å². The lowest BCUT2D eigenvalue weighted by Gasteiger charge is -2.10. The number of nitrogens with one attached hydrogen (secondary N) is 2. The lowest BCUT2D eigenvalue weighted by molar-refractivity contribution is -0.383. The van der Waals surface area contributed by atoms with Gasteiger partial charge in [-0.2, -0.15) is 0 Å². The van der Waals surface area contributed by atoms with E-state index >= 15 is 0 Å². The van der Waals surface area contributed by atoms with E-state index in [1.807, 2.05) is 0 Å². The highest BCUT2D eigenvalue weighted by Crippen LogP contribution is 2.35. The van der Waals surface area contributed by atoms with Crippen molar-refractivity contribution in [1.29, 1.82) is 0 Å². The van der Waals surface area contributed by atoms with Gasteiger partial charge in [-0.1, -0.05) is 17.7 Å². The molecule has 2 aromatic rings. The van der Waals surface area contributed by atoms with Gasteiger partial charge in [0.1, 0.15) is 6.33 Å². The largest absolute Gasteiger partial charge is 0.354 e. The number of hydrazine groups is 1. The molecule has 10 heteroatoms. The van der Waals surface area contributed by atoms with E-state index < -0.39 is 4.92 Å². The first-order chi connectivity index (χ1) is 9.54. The summed E-state index contributed by atoms with van der Waals surface area (Å²) in [6.07, 6.45) is 1.16. The zero-order chi connectivity index (χ0) is 14.7. The van der Waals surface area contributed by atoms with Gasteiger partial charge in [0.15, 0.2) is 0 Å². The molecule has 0 amide bonds. The lowest BCUT2D eigenvalue weighted by atomic mass is 10.3. The summed E-state index contributed by atoms with van der Waals surface area (Å²) in [5, 5.41) is 14.4. The topological polar surface area (TPSA) is 119 Å². The number of rotatable bonds is 4. The number of nitrogens with zero attached hydrogens (tertiary/aromatic N) is 3. The molecule has 0 radical (unpaired) electrons. The highest BCUT2D eigenvalue weighted by molar-refractivity contribution is 9.10. The van der Waals surface area contributed by atoms with Crippen LogP contribution in [0.5, 0.6) is 0 Å². The number of hydrogen-bond donors (Lipinski definition) is 3. The molecule has 0 saturated heterocycles. The summed E-state index contributed by atoms with van der Waals surface area (Å²) < 4.78 is 0.567. The number of nitrogen functional groups attached to an aromatic ring is 1. The standard InChI is InChI=1S/C10H8BrClN6O2/c11-7-5(12)2-1-3-6(7)16-9-8(18(19)20)10(17-13)15-4-14-9/h1-4H,13H2,(H2,14,15,16,17). The van der Waals surface area contributed by atoms with Gasteiger partial charge in [-0.15, -0.1) is 0 Å². The molecular formula is C10H8BrClN6O2. The summed E-state index contributed by atoms with van der Waals surface area (Å²) in [6.45, 7) is 0. The minimum atomic E-state index is -0.629. The number of halogens is 2. The van der Waals surface area contributed by atoms with Crippen LogP contribution in [-0.4, -0.2) is 14.9 Å². The molecule has 0 aliphatic heterocycles. The van der Waals surface area contributed by atoms with Crippen LogP contribution in [0.15, 0.2) is 29.0 Å². The van der Waals surface area contributed by atoms with Crippen molar-refractivity contribution in [3.8, 4) is 0 Å². The molecule has 0 bridgehead atoms.